The molecular formula is C15H20N4OS2. The number of carbonyl (C=O) groups excluding carboxylic acids is 1. The third-order valence-electron chi connectivity index (χ3n) is 3.87. The van der Waals surface area contributed by atoms with Gasteiger partial charge < -0.3 is 11.1 Å². The van der Waals surface area contributed by atoms with Gasteiger partial charge in [-0.1, -0.05) is 6.07 Å². The molecule has 5 nitrogen and oxygen atoms in total. The number of thiophene rings is 1. The summed E-state index contributed by atoms with van der Waals surface area (Å²) >= 11 is 3.18. The minimum Gasteiger partial charge on any atom is -0.349 e. The van der Waals surface area contributed by atoms with Crippen LogP contribution in [0, 0.1) is 0 Å². The Kier molecular flexibility index (Phi) is 5.20. The van der Waals surface area contributed by atoms with E-state index in [4.69, 9.17) is 5.73 Å². The lowest BCUT2D eigenvalue weighted by Crippen LogP contribution is -2.36. The molecule has 0 radical (unpaired) electrons. The van der Waals surface area contributed by atoms with Gasteiger partial charge in [0.15, 0.2) is 0 Å². The lowest BCUT2D eigenvalue weighted by molar-refractivity contribution is 0.0934. The van der Waals surface area contributed by atoms with E-state index in [1.54, 1.807) is 16.7 Å². The van der Waals surface area contributed by atoms with Crippen LogP contribution >= 0.6 is 22.7 Å². The summed E-state index contributed by atoms with van der Waals surface area (Å²) in [5, 5.41) is 7.69. The predicted octanol–water partition coefficient (Wildman–Crippen LogP) is 2.23. The number of rotatable bonds is 6. The van der Waals surface area contributed by atoms with Crippen molar-refractivity contribution in [1.82, 2.24) is 15.2 Å². The molecule has 2 aromatic heterocycles. The molecule has 3 heterocycles. The van der Waals surface area contributed by atoms with Crippen molar-refractivity contribution in [2.24, 2.45) is 5.73 Å². The summed E-state index contributed by atoms with van der Waals surface area (Å²) in [4.78, 5) is 20.2. The second kappa shape index (κ2) is 7.32. The van der Waals surface area contributed by atoms with Gasteiger partial charge in [-0.2, -0.15) is 0 Å². The van der Waals surface area contributed by atoms with Crippen molar-refractivity contribution in [3.8, 4) is 0 Å². The van der Waals surface area contributed by atoms with Crippen LogP contribution in [0.1, 0.15) is 39.3 Å². The standard InChI is InChI=1S/C15H20N4OS2/c16-8-14-18-11(10-22-14)15(20)17-9-12(13-4-3-7-21-13)19-5-1-2-6-19/h3-4,7,10,12H,1-2,5-6,8-9,16H2,(H,17,20). The summed E-state index contributed by atoms with van der Waals surface area (Å²) in [7, 11) is 0. The van der Waals surface area contributed by atoms with E-state index in [0.717, 1.165) is 18.1 Å². The van der Waals surface area contributed by atoms with Gasteiger partial charge in [0.25, 0.3) is 5.91 Å². The van der Waals surface area contributed by atoms with Gasteiger partial charge in [0.05, 0.1) is 6.04 Å². The van der Waals surface area contributed by atoms with Crippen molar-refractivity contribution >= 4 is 28.6 Å². The van der Waals surface area contributed by atoms with Crippen molar-refractivity contribution in [2.75, 3.05) is 19.6 Å². The highest BCUT2D eigenvalue weighted by atomic mass is 32.1. The average Bonchev–Trinajstić information content (AvgIpc) is 3.29. The highest BCUT2D eigenvalue weighted by Gasteiger charge is 2.25. The maximum Gasteiger partial charge on any atom is 0.270 e. The summed E-state index contributed by atoms with van der Waals surface area (Å²) in [5.74, 6) is -0.114. The zero-order valence-electron chi connectivity index (χ0n) is 12.3. The van der Waals surface area contributed by atoms with E-state index < -0.39 is 0 Å². The first-order chi connectivity index (χ1) is 10.8. The monoisotopic (exact) mass is 336 g/mol. The van der Waals surface area contributed by atoms with Crippen LogP contribution in [0.25, 0.3) is 0 Å². The number of nitrogens with zero attached hydrogens (tertiary/aromatic N) is 2. The fourth-order valence-electron chi connectivity index (χ4n) is 2.73. The fraction of sp³-hybridized carbons (Fsp3) is 0.467. The molecule has 1 amide bonds. The molecule has 118 valence electrons. The summed E-state index contributed by atoms with van der Waals surface area (Å²) in [5.41, 5.74) is 6.01. The van der Waals surface area contributed by atoms with Crippen molar-refractivity contribution in [3.63, 3.8) is 0 Å². The molecule has 22 heavy (non-hydrogen) atoms. The minimum absolute atomic E-state index is 0.114. The van der Waals surface area contributed by atoms with E-state index in [0.29, 0.717) is 18.8 Å². The number of nitrogens with two attached hydrogens (primary N) is 1. The molecule has 1 unspecified atom stereocenters. The molecule has 0 spiro atoms. The number of hydrogen-bond acceptors (Lipinski definition) is 6. The third kappa shape index (κ3) is 3.55. The molecular weight excluding hydrogens is 316 g/mol. The second-order valence-corrected chi connectivity index (χ2v) is 7.24. The molecule has 0 bridgehead atoms. The molecule has 1 atom stereocenters. The quantitative estimate of drug-likeness (QED) is 0.848. The maximum absolute atomic E-state index is 12.2. The largest absolute Gasteiger partial charge is 0.349 e. The maximum atomic E-state index is 12.2. The molecule has 0 saturated carbocycles. The Balaban J connectivity index is 1.64. The van der Waals surface area contributed by atoms with Gasteiger partial charge in [-0.05, 0) is 37.4 Å². The van der Waals surface area contributed by atoms with Crippen LogP contribution in [0.4, 0.5) is 0 Å². The Labute approximate surface area is 138 Å². The zero-order chi connectivity index (χ0) is 15.4. The molecule has 2 aromatic rings. The van der Waals surface area contributed by atoms with E-state index in [1.807, 2.05) is 0 Å². The minimum atomic E-state index is -0.114. The predicted molar refractivity (Wildman–Crippen MR) is 90.2 cm³/mol. The van der Waals surface area contributed by atoms with Gasteiger partial charge in [0.2, 0.25) is 0 Å². The zero-order valence-corrected chi connectivity index (χ0v) is 14.0. The first kappa shape index (κ1) is 15.6. The van der Waals surface area contributed by atoms with Crippen molar-refractivity contribution in [1.29, 1.82) is 0 Å². The molecule has 7 heteroatoms. The second-order valence-electron chi connectivity index (χ2n) is 5.31. The van der Waals surface area contributed by atoms with Crippen LogP contribution in [0.2, 0.25) is 0 Å². The van der Waals surface area contributed by atoms with E-state index in [1.165, 1.54) is 29.1 Å². The first-order valence-corrected chi connectivity index (χ1v) is 9.24. The van der Waals surface area contributed by atoms with Gasteiger partial charge >= 0.3 is 0 Å². The molecule has 1 aliphatic rings. The molecule has 3 rings (SSSR count). The number of hydrogen-bond donors (Lipinski definition) is 2. The molecule has 0 aliphatic carbocycles. The highest BCUT2D eigenvalue weighted by Crippen LogP contribution is 2.27. The third-order valence-corrected chi connectivity index (χ3v) is 5.71. The Hall–Kier alpha value is -1.28. The number of likely N-dealkylation sites (tertiary alicyclic amines) is 1. The van der Waals surface area contributed by atoms with Crippen molar-refractivity contribution in [3.05, 3.63) is 38.5 Å². The first-order valence-electron chi connectivity index (χ1n) is 7.48. The van der Waals surface area contributed by atoms with Crippen LogP contribution in [0.5, 0.6) is 0 Å². The van der Waals surface area contributed by atoms with Crippen LogP contribution in [0.3, 0.4) is 0 Å². The Morgan fingerprint density at radius 3 is 2.86 bits per heavy atom. The van der Waals surface area contributed by atoms with Gasteiger partial charge in [-0.25, -0.2) is 4.98 Å². The van der Waals surface area contributed by atoms with Gasteiger partial charge in [-0.15, -0.1) is 22.7 Å². The highest BCUT2D eigenvalue weighted by molar-refractivity contribution is 7.10. The summed E-state index contributed by atoms with van der Waals surface area (Å²) in [6, 6.07) is 4.48. The molecule has 1 aliphatic heterocycles. The number of carbonyl (C=O) groups is 1. The smallest absolute Gasteiger partial charge is 0.270 e. The molecule has 3 N–H and O–H groups in total. The molecule has 1 saturated heterocycles. The van der Waals surface area contributed by atoms with E-state index in [-0.39, 0.29) is 11.9 Å². The molecule has 0 aromatic carbocycles. The summed E-state index contributed by atoms with van der Waals surface area (Å²) < 4.78 is 0. The van der Waals surface area contributed by atoms with Crippen LogP contribution in [-0.2, 0) is 6.54 Å². The van der Waals surface area contributed by atoms with Crippen LogP contribution in [-0.4, -0.2) is 35.4 Å². The molecule has 1 fully saturated rings. The van der Waals surface area contributed by atoms with E-state index in [9.17, 15) is 4.79 Å². The van der Waals surface area contributed by atoms with Crippen LogP contribution < -0.4 is 11.1 Å². The topological polar surface area (TPSA) is 71.2 Å². The Morgan fingerprint density at radius 2 is 2.23 bits per heavy atom. The Morgan fingerprint density at radius 1 is 1.41 bits per heavy atom. The van der Waals surface area contributed by atoms with Gasteiger partial charge in [0.1, 0.15) is 10.7 Å². The summed E-state index contributed by atoms with van der Waals surface area (Å²) in [6.45, 7) is 3.21. The normalized spacial score (nSPS) is 16.8. The number of nitrogens with one attached hydrogen (secondary N) is 1. The Bertz CT molecular complexity index is 605. The lowest BCUT2D eigenvalue weighted by Gasteiger charge is -2.26. The fourth-order valence-corrected chi connectivity index (χ4v) is 4.25. The van der Waals surface area contributed by atoms with Gasteiger partial charge in [0, 0.05) is 23.3 Å². The van der Waals surface area contributed by atoms with E-state index in [2.05, 4.69) is 32.7 Å². The van der Waals surface area contributed by atoms with Crippen LogP contribution in [0.15, 0.2) is 22.9 Å². The number of aromatic nitrogens is 1. The number of thiazole rings is 1. The van der Waals surface area contributed by atoms with Crippen molar-refractivity contribution in [2.45, 2.75) is 25.4 Å². The van der Waals surface area contributed by atoms with E-state index >= 15 is 0 Å². The lowest BCUT2D eigenvalue weighted by atomic mass is 10.2. The van der Waals surface area contributed by atoms with Crippen molar-refractivity contribution < 1.29 is 4.79 Å². The summed E-state index contributed by atoms with van der Waals surface area (Å²) in [6.07, 6.45) is 2.48. The average molecular weight is 336 g/mol. The van der Waals surface area contributed by atoms with Gasteiger partial charge in [-0.3, -0.25) is 9.69 Å². The number of amides is 1. The SMILES string of the molecule is NCc1nc(C(=O)NCC(c2cccs2)N2CCCC2)cs1.